The van der Waals surface area contributed by atoms with Crippen LogP contribution < -0.4 is 15.3 Å². The molecular weight excluding hydrogens is 1260 g/mol. The number of halogens is 1. The second-order valence-electron chi connectivity index (χ2n) is 29.8. The highest BCUT2D eigenvalue weighted by atomic mass is 79.9. The van der Waals surface area contributed by atoms with E-state index in [1.807, 2.05) is 107 Å². The lowest BCUT2D eigenvalue weighted by molar-refractivity contribution is -0.193. The van der Waals surface area contributed by atoms with Crippen molar-refractivity contribution in [3.63, 3.8) is 0 Å². The summed E-state index contributed by atoms with van der Waals surface area (Å²) in [5.41, 5.74) is 8.26. The van der Waals surface area contributed by atoms with Gasteiger partial charge in [0.25, 0.3) is 0 Å². The second-order valence-corrected chi connectivity index (χ2v) is 30.7. The summed E-state index contributed by atoms with van der Waals surface area (Å²) >= 11 is 3.74. The Bertz CT molecular complexity index is 3100. The Morgan fingerprint density at radius 1 is 0.511 bits per heavy atom. The third-order valence-electron chi connectivity index (χ3n) is 19.1. The Kier molecular flexibility index (Phi) is 27.3. The summed E-state index contributed by atoms with van der Waals surface area (Å²) in [6.45, 7) is 49.7. The minimum atomic E-state index is -0.483. The van der Waals surface area contributed by atoms with Gasteiger partial charge in [-0.05, 0) is 248 Å². The normalized spacial score (nSPS) is 19.3. The number of amides is 2. The number of anilines is 2. The monoisotopic (exact) mass is 1360 g/mol. The number of benzene rings is 4. The number of hydrogen-bond acceptors (Lipinski definition) is 16. The summed E-state index contributed by atoms with van der Waals surface area (Å²) in [6, 6.07) is 31.0. The van der Waals surface area contributed by atoms with Crippen molar-refractivity contribution in [2.75, 3.05) is 49.1 Å². The number of nitrogens with zero attached hydrogens (tertiary/aromatic N) is 4. The van der Waals surface area contributed by atoms with E-state index in [1.165, 1.54) is 44.8 Å². The van der Waals surface area contributed by atoms with E-state index < -0.39 is 43.5 Å². The van der Waals surface area contributed by atoms with Gasteiger partial charge in [-0.25, -0.2) is 9.59 Å². The molecule has 18 nitrogen and oxygen atoms in total. The largest absolute Gasteiger partial charge is 0.494 e. The molecule has 2 amide bonds. The van der Waals surface area contributed by atoms with Gasteiger partial charge in [-0.15, -0.1) is 0 Å². The smallest absolute Gasteiger partial charge is 0.444 e. The third kappa shape index (κ3) is 20.9. The zero-order valence-corrected chi connectivity index (χ0v) is 61.9. The molecule has 94 heavy (non-hydrogen) atoms. The predicted molar refractivity (Wildman–Crippen MR) is 374 cm³/mol. The molecule has 5 aliphatic heterocycles. The number of piperidine rings is 2. The SMILES string of the molecule is CC1(C)OB(B2OC(C)(C)C(C)(C)O2)OC1(C)C.CCN(c1cc(B2OC(C)(C)C(C)(C)O2)cc(Cc2ccccc2)c1C)C1CCN(C(=O)OC(C)(C)C)CC1.CCN(c1cc(Br)cc(Cc2ccccc2)c1C)C1CCN(C(=O)OC(C)(C)C)CC1.O=C=O.O=C=O. The lowest BCUT2D eigenvalue weighted by Crippen LogP contribution is -2.48. The Hall–Kier alpha value is -5.79. The molecule has 5 saturated heterocycles. The highest BCUT2D eigenvalue weighted by Gasteiger charge is 2.64. The van der Waals surface area contributed by atoms with Crippen LogP contribution in [0.5, 0.6) is 0 Å². The zero-order valence-electron chi connectivity index (χ0n) is 60.3. The van der Waals surface area contributed by atoms with Crippen LogP contribution in [-0.4, -0.2) is 152 Å². The molecule has 9 rings (SSSR count). The van der Waals surface area contributed by atoms with Gasteiger partial charge in [0.05, 0.1) is 33.6 Å². The van der Waals surface area contributed by atoms with Gasteiger partial charge >= 0.3 is 45.6 Å². The first kappa shape index (κ1) is 78.9. The van der Waals surface area contributed by atoms with Crippen molar-refractivity contribution < 1.29 is 66.2 Å². The van der Waals surface area contributed by atoms with Crippen LogP contribution in [0.4, 0.5) is 21.0 Å². The number of hydrogen-bond donors (Lipinski definition) is 0. The van der Waals surface area contributed by atoms with Gasteiger partial charge in [-0.3, -0.25) is 0 Å². The average Bonchev–Trinajstić information content (AvgIpc) is 1.56. The molecule has 0 atom stereocenters. The Morgan fingerprint density at radius 3 is 1.12 bits per heavy atom. The van der Waals surface area contributed by atoms with E-state index in [2.05, 4.69) is 166 Å². The van der Waals surface area contributed by atoms with Crippen LogP contribution >= 0.6 is 15.9 Å². The van der Waals surface area contributed by atoms with Crippen LogP contribution in [0.1, 0.15) is 198 Å². The highest BCUT2D eigenvalue weighted by Crippen LogP contribution is 2.44. The number of rotatable bonds is 12. The first-order valence-corrected chi connectivity index (χ1v) is 33.9. The van der Waals surface area contributed by atoms with E-state index >= 15 is 0 Å². The molecule has 4 aromatic rings. The quantitative estimate of drug-likeness (QED) is 0.122. The van der Waals surface area contributed by atoms with Crippen molar-refractivity contribution >= 4 is 78.4 Å². The van der Waals surface area contributed by atoms with Gasteiger partial charge in [-0.1, -0.05) is 82.7 Å². The van der Waals surface area contributed by atoms with E-state index in [9.17, 15) is 9.59 Å². The molecular formula is C72H106B3BrN4O14. The average molecular weight is 1360 g/mol. The van der Waals surface area contributed by atoms with Crippen LogP contribution in [0.25, 0.3) is 0 Å². The maximum Gasteiger partial charge on any atom is 0.494 e. The number of carbonyl (C=O) groups excluding carboxylic acids is 6. The fourth-order valence-electron chi connectivity index (χ4n) is 11.8. The molecule has 0 unspecified atom stereocenters. The Morgan fingerprint density at radius 2 is 0.809 bits per heavy atom. The van der Waals surface area contributed by atoms with Gasteiger partial charge < -0.3 is 57.0 Å². The first-order valence-electron chi connectivity index (χ1n) is 33.1. The van der Waals surface area contributed by atoms with Crippen molar-refractivity contribution in [3.05, 3.63) is 123 Å². The summed E-state index contributed by atoms with van der Waals surface area (Å²) in [6.07, 6.45) is 5.57. The van der Waals surface area contributed by atoms with Gasteiger partial charge in [-0.2, -0.15) is 19.2 Å². The van der Waals surface area contributed by atoms with Gasteiger partial charge in [0.15, 0.2) is 0 Å². The summed E-state index contributed by atoms with van der Waals surface area (Å²) in [4.78, 5) is 66.3. The highest BCUT2D eigenvalue weighted by molar-refractivity contribution is 9.10. The topological polar surface area (TPSA) is 189 Å². The maximum absolute atomic E-state index is 12.7. The van der Waals surface area contributed by atoms with E-state index in [0.29, 0.717) is 25.2 Å². The minimum absolute atomic E-state index is 0.196. The number of likely N-dealkylation sites (tertiary alicyclic amines) is 2. The molecule has 0 aromatic heterocycles. The van der Waals surface area contributed by atoms with Gasteiger partial charge in [0.2, 0.25) is 0 Å². The van der Waals surface area contributed by atoms with Crippen LogP contribution in [0, 0.1) is 13.8 Å². The number of ether oxygens (including phenoxy) is 2. The standard InChI is InChI=1S/C32H47BN2O4.C26H35BrN2O2.C12H24B2O4.2CO2/c1-10-35(27-16-18-34(19-17-27)29(36)37-30(3,4)5)28-22-26(33-38-31(6,7)32(8,9)39-33)21-25(23(28)2)20-24-14-12-11-13-15-24;1-6-29(23-12-14-28(15-13-23)25(30)31-26(3,4)5)24-18-22(27)17-21(19(24)2)16-20-10-8-7-9-11-20;1-9(2)10(3,4)16-13(15-9)14-17-11(5,6)12(7,8)18-14;2*2-1-3/h11-15,21-22,27H,10,16-20H2,1-9H3;7-11,17-18,23H,6,12-16H2,1-5H3;1-8H3;;. The molecule has 5 aliphatic rings. The second kappa shape index (κ2) is 32.5. The Balaban J connectivity index is 0.000000258. The van der Waals surface area contributed by atoms with Gasteiger partial charge in [0, 0.05) is 67.2 Å². The number of carbonyl (C=O) groups is 2. The van der Waals surface area contributed by atoms with E-state index in [-0.39, 0.29) is 46.9 Å². The summed E-state index contributed by atoms with van der Waals surface area (Å²) in [5.74, 6) is 0. The van der Waals surface area contributed by atoms with Crippen molar-refractivity contribution in [2.45, 2.75) is 248 Å². The summed E-state index contributed by atoms with van der Waals surface area (Å²) in [5, 5.41) is 0. The lowest BCUT2D eigenvalue weighted by atomic mass is 9.49. The summed E-state index contributed by atoms with van der Waals surface area (Å²) < 4.78 is 49.1. The molecule has 514 valence electrons. The minimum Gasteiger partial charge on any atom is -0.444 e. The van der Waals surface area contributed by atoms with Crippen molar-refractivity contribution in [1.82, 2.24) is 9.80 Å². The van der Waals surface area contributed by atoms with Crippen molar-refractivity contribution in [1.29, 1.82) is 0 Å². The molecule has 22 heteroatoms. The van der Waals surface area contributed by atoms with Crippen LogP contribution in [0.2, 0.25) is 0 Å². The summed E-state index contributed by atoms with van der Waals surface area (Å²) in [7, 11) is -1.37. The molecule has 0 aliphatic carbocycles. The maximum atomic E-state index is 12.7. The van der Waals surface area contributed by atoms with Crippen LogP contribution in [-0.2, 0) is 69.4 Å². The van der Waals surface area contributed by atoms with E-state index in [0.717, 1.165) is 74.6 Å². The van der Waals surface area contributed by atoms with Crippen LogP contribution in [0.3, 0.4) is 0 Å². The lowest BCUT2D eigenvalue weighted by Gasteiger charge is -2.40. The van der Waals surface area contributed by atoms with Crippen molar-refractivity contribution in [3.8, 4) is 0 Å². The molecule has 0 bridgehead atoms. The predicted octanol–water partition coefficient (Wildman–Crippen LogP) is 13.8. The molecule has 0 spiro atoms. The molecule has 0 radical (unpaired) electrons. The molecule has 5 heterocycles. The molecule has 5 fully saturated rings. The zero-order chi connectivity index (χ0) is 70.6. The molecule has 4 aromatic carbocycles. The fourth-order valence-corrected chi connectivity index (χ4v) is 12.3. The van der Waals surface area contributed by atoms with E-state index in [1.54, 1.807) is 0 Å². The van der Waals surface area contributed by atoms with Gasteiger partial charge in [0.1, 0.15) is 11.2 Å². The molecule has 0 N–H and O–H groups in total. The Labute approximate surface area is 571 Å². The molecule has 0 saturated carbocycles. The van der Waals surface area contributed by atoms with Crippen LogP contribution in [0.15, 0.2) is 89.4 Å². The van der Waals surface area contributed by atoms with Crippen molar-refractivity contribution in [2.24, 2.45) is 0 Å². The fraction of sp³-hybridized carbons (Fsp3) is 0.611. The first-order chi connectivity index (χ1) is 43.6. The van der Waals surface area contributed by atoms with E-state index in [4.69, 9.17) is 56.6 Å². The third-order valence-corrected chi connectivity index (χ3v) is 19.6.